The number of aliphatic hydroxyl groups excluding tert-OH is 1. The fourth-order valence-electron chi connectivity index (χ4n) is 3.15. The zero-order valence-electron chi connectivity index (χ0n) is 12.5. The van der Waals surface area contributed by atoms with Crippen LogP contribution in [0, 0.1) is 5.92 Å². The lowest BCUT2D eigenvalue weighted by Crippen LogP contribution is -2.44. The Morgan fingerprint density at radius 3 is 2.56 bits per heavy atom. The molecule has 0 amide bonds. The van der Waals surface area contributed by atoms with Crippen LogP contribution in [0.2, 0.25) is 0 Å². The van der Waals surface area contributed by atoms with Gasteiger partial charge in [-0.2, -0.15) is 0 Å². The molecule has 3 unspecified atom stereocenters. The summed E-state index contributed by atoms with van der Waals surface area (Å²) in [6.45, 7) is 4.94. The van der Waals surface area contributed by atoms with Crippen LogP contribution in [0.1, 0.15) is 78.1 Å². The van der Waals surface area contributed by atoms with Crippen molar-refractivity contribution in [1.29, 1.82) is 0 Å². The first kappa shape index (κ1) is 16.0. The lowest BCUT2D eigenvalue weighted by molar-refractivity contribution is 0.146. The Morgan fingerprint density at radius 2 is 1.83 bits per heavy atom. The molecule has 1 fully saturated rings. The maximum absolute atomic E-state index is 9.41. The fraction of sp³-hybridized carbons (Fsp3) is 1.00. The zero-order valence-corrected chi connectivity index (χ0v) is 12.5. The van der Waals surface area contributed by atoms with Crippen LogP contribution in [-0.4, -0.2) is 23.8 Å². The molecule has 2 N–H and O–H groups in total. The van der Waals surface area contributed by atoms with E-state index in [0.29, 0.717) is 24.6 Å². The molecular weight excluding hydrogens is 222 g/mol. The minimum absolute atomic E-state index is 0.362. The lowest BCUT2D eigenvalue weighted by Gasteiger charge is -2.33. The summed E-state index contributed by atoms with van der Waals surface area (Å²) in [7, 11) is 0. The molecule has 2 heteroatoms. The topological polar surface area (TPSA) is 32.3 Å². The Kier molecular flexibility index (Phi) is 8.70. The minimum atomic E-state index is 0.362. The number of hydrogen-bond acceptors (Lipinski definition) is 2. The highest BCUT2D eigenvalue weighted by atomic mass is 16.3. The highest BCUT2D eigenvalue weighted by molar-refractivity contribution is 4.82. The van der Waals surface area contributed by atoms with Crippen LogP contribution in [0.5, 0.6) is 0 Å². The first-order valence-electron chi connectivity index (χ1n) is 8.14. The number of unbranched alkanes of at least 4 members (excludes halogenated alkanes) is 4. The highest BCUT2D eigenvalue weighted by Crippen LogP contribution is 2.24. The van der Waals surface area contributed by atoms with Crippen molar-refractivity contribution in [1.82, 2.24) is 5.32 Å². The van der Waals surface area contributed by atoms with Crippen LogP contribution in [0.4, 0.5) is 0 Å². The molecule has 1 rings (SSSR count). The average Bonchev–Trinajstić information content (AvgIpc) is 2.39. The summed E-state index contributed by atoms with van der Waals surface area (Å²) < 4.78 is 0. The smallest absolute Gasteiger partial charge is 0.0474 e. The molecule has 0 aromatic heterocycles. The second kappa shape index (κ2) is 9.80. The van der Waals surface area contributed by atoms with Gasteiger partial charge in [-0.1, -0.05) is 51.9 Å². The van der Waals surface area contributed by atoms with Crippen LogP contribution in [0.15, 0.2) is 0 Å². The summed E-state index contributed by atoms with van der Waals surface area (Å²) in [6, 6.07) is 1.18. The van der Waals surface area contributed by atoms with Gasteiger partial charge < -0.3 is 10.4 Å². The Bertz CT molecular complexity index is 196. The molecule has 18 heavy (non-hydrogen) atoms. The Balaban J connectivity index is 2.11. The van der Waals surface area contributed by atoms with E-state index >= 15 is 0 Å². The molecule has 1 aliphatic carbocycles. The van der Waals surface area contributed by atoms with Crippen LogP contribution < -0.4 is 5.32 Å². The largest absolute Gasteiger partial charge is 0.396 e. The normalized spacial score (nSPS) is 26.2. The lowest BCUT2D eigenvalue weighted by atomic mass is 9.84. The van der Waals surface area contributed by atoms with Gasteiger partial charge in [-0.15, -0.1) is 0 Å². The van der Waals surface area contributed by atoms with Gasteiger partial charge in [0.25, 0.3) is 0 Å². The average molecular weight is 255 g/mol. The highest BCUT2D eigenvalue weighted by Gasteiger charge is 2.25. The third kappa shape index (κ3) is 6.19. The van der Waals surface area contributed by atoms with Gasteiger partial charge in [0.15, 0.2) is 0 Å². The summed E-state index contributed by atoms with van der Waals surface area (Å²) in [5.74, 6) is 0.501. The van der Waals surface area contributed by atoms with Gasteiger partial charge in [0.1, 0.15) is 0 Å². The quantitative estimate of drug-likeness (QED) is 0.613. The summed E-state index contributed by atoms with van der Waals surface area (Å²) in [4.78, 5) is 0. The number of nitrogens with one attached hydrogen (secondary N) is 1. The molecule has 0 aliphatic heterocycles. The van der Waals surface area contributed by atoms with Gasteiger partial charge in [0.2, 0.25) is 0 Å². The fourth-order valence-corrected chi connectivity index (χ4v) is 3.15. The van der Waals surface area contributed by atoms with E-state index in [1.54, 1.807) is 0 Å². The molecule has 3 atom stereocenters. The van der Waals surface area contributed by atoms with E-state index in [4.69, 9.17) is 0 Å². The predicted molar refractivity (Wildman–Crippen MR) is 78.8 cm³/mol. The van der Waals surface area contributed by atoms with Crippen LogP contribution in [-0.2, 0) is 0 Å². The third-order valence-electron chi connectivity index (χ3n) is 4.38. The summed E-state index contributed by atoms with van der Waals surface area (Å²) in [5, 5.41) is 13.2. The van der Waals surface area contributed by atoms with Crippen molar-refractivity contribution in [2.24, 2.45) is 5.92 Å². The van der Waals surface area contributed by atoms with E-state index in [0.717, 1.165) is 0 Å². The minimum Gasteiger partial charge on any atom is -0.396 e. The van der Waals surface area contributed by atoms with Crippen LogP contribution in [0.25, 0.3) is 0 Å². The van der Waals surface area contributed by atoms with Crippen LogP contribution in [0.3, 0.4) is 0 Å². The molecule has 0 aromatic carbocycles. The molecule has 1 aliphatic rings. The molecule has 2 nitrogen and oxygen atoms in total. The van der Waals surface area contributed by atoms with Gasteiger partial charge in [0, 0.05) is 18.7 Å². The second-order valence-corrected chi connectivity index (χ2v) is 6.10. The van der Waals surface area contributed by atoms with E-state index in [1.165, 1.54) is 64.2 Å². The molecule has 0 heterocycles. The molecule has 0 radical (unpaired) electrons. The molecule has 0 saturated heterocycles. The SMILES string of the molecule is CCCCCCCC(C)NC1CCCCC1CO. The predicted octanol–water partition coefficient (Wildman–Crippen LogP) is 3.88. The second-order valence-electron chi connectivity index (χ2n) is 6.10. The van der Waals surface area contributed by atoms with Crippen molar-refractivity contribution in [2.75, 3.05) is 6.61 Å². The Morgan fingerprint density at radius 1 is 1.11 bits per heavy atom. The van der Waals surface area contributed by atoms with Gasteiger partial charge in [-0.3, -0.25) is 0 Å². The van der Waals surface area contributed by atoms with Gasteiger partial charge in [0.05, 0.1) is 0 Å². The van der Waals surface area contributed by atoms with Gasteiger partial charge in [-0.05, 0) is 32.1 Å². The van der Waals surface area contributed by atoms with Crippen LogP contribution >= 0.6 is 0 Å². The van der Waals surface area contributed by atoms with E-state index in [2.05, 4.69) is 19.2 Å². The molecule has 0 spiro atoms. The van der Waals surface area contributed by atoms with Crippen molar-refractivity contribution in [3.63, 3.8) is 0 Å². The molecular formula is C16H33NO. The van der Waals surface area contributed by atoms with Crippen molar-refractivity contribution in [2.45, 2.75) is 90.1 Å². The number of aliphatic hydroxyl groups is 1. The zero-order chi connectivity index (χ0) is 13.2. The van der Waals surface area contributed by atoms with E-state index in [9.17, 15) is 5.11 Å². The van der Waals surface area contributed by atoms with Gasteiger partial charge >= 0.3 is 0 Å². The molecule has 0 bridgehead atoms. The third-order valence-corrected chi connectivity index (χ3v) is 4.38. The standard InChI is InChI=1S/C16H33NO/c1-3-4-5-6-7-10-14(2)17-16-12-9-8-11-15(16)13-18/h14-18H,3-13H2,1-2H3. The molecule has 108 valence electrons. The Labute approximate surface area is 114 Å². The first-order chi connectivity index (χ1) is 8.77. The van der Waals surface area contributed by atoms with E-state index < -0.39 is 0 Å². The monoisotopic (exact) mass is 255 g/mol. The molecule has 0 aromatic rings. The number of hydrogen-bond donors (Lipinski definition) is 2. The van der Waals surface area contributed by atoms with Crippen molar-refractivity contribution in [3.8, 4) is 0 Å². The Hall–Kier alpha value is -0.0800. The van der Waals surface area contributed by atoms with E-state index in [-0.39, 0.29) is 0 Å². The number of rotatable bonds is 9. The van der Waals surface area contributed by atoms with Crippen molar-refractivity contribution < 1.29 is 5.11 Å². The van der Waals surface area contributed by atoms with Crippen molar-refractivity contribution >= 4 is 0 Å². The maximum Gasteiger partial charge on any atom is 0.0474 e. The maximum atomic E-state index is 9.41. The van der Waals surface area contributed by atoms with E-state index in [1.807, 2.05) is 0 Å². The summed E-state index contributed by atoms with van der Waals surface area (Å²) in [5.41, 5.74) is 0. The van der Waals surface area contributed by atoms with Crippen molar-refractivity contribution in [3.05, 3.63) is 0 Å². The summed E-state index contributed by atoms with van der Waals surface area (Å²) >= 11 is 0. The first-order valence-corrected chi connectivity index (χ1v) is 8.14. The van der Waals surface area contributed by atoms with Gasteiger partial charge in [-0.25, -0.2) is 0 Å². The summed E-state index contributed by atoms with van der Waals surface area (Å²) in [6.07, 6.45) is 13.2. The molecule has 1 saturated carbocycles.